The lowest BCUT2D eigenvalue weighted by molar-refractivity contribution is 0.163. The summed E-state index contributed by atoms with van der Waals surface area (Å²) in [7, 11) is 0. The van der Waals surface area contributed by atoms with Crippen LogP contribution in [0.5, 0.6) is 0 Å². The monoisotopic (exact) mass is 269 g/mol. The quantitative estimate of drug-likeness (QED) is 0.845. The molecule has 2 heterocycles. The summed E-state index contributed by atoms with van der Waals surface area (Å²) >= 11 is 0. The molecular weight excluding hydrogens is 234 g/mol. The topological polar surface area (TPSA) is 18.5 Å². The van der Waals surface area contributed by atoms with Crippen molar-refractivity contribution in [3.05, 3.63) is 0 Å². The van der Waals surface area contributed by atoms with Crippen molar-refractivity contribution in [1.82, 2.24) is 15.1 Å². The molecule has 1 N–H and O–H groups in total. The summed E-state index contributed by atoms with van der Waals surface area (Å²) < 4.78 is 0. The molecule has 2 aliphatic rings. The first-order valence-electron chi connectivity index (χ1n) is 8.45. The highest BCUT2D eigenvalue weighted by molar-refractivity contribution is 4.74. The van der Waals surface area contributed by atoms with Crippen molar-refractivity contribution < 1.29 is 0 Å². The minimum absolute atomic E-state index is 0.998. The molecular formula is C16H35N3. The largest absolute Gasteiger partial charge is 0.314 e. The zero-order chi connectivity index (χ0) is 13.9. The highest BCUT2D eigenvalue weighted by Crippen LogP contribution is 2.20. The van der Waals surface area contributed by atoms with Crippen LogP contribution in [0.15, 0.2) is 0 Å². The van der Waals surface area contributed by atoms with Gasteiger partial charge in [0, 0.05) is 26.2 Å². The van der Waals surface area contributed by atoms with E-state index in [1.165, 1.54) is 78.0 Å². The fourth-order valence-electron chi connectivity index (χ4n) is 2.89. The van der Waals surface area contributed by atoms with Crippen LogP contribution in [-0.4, -0.2) is 62.2 Å². The summed E-state index contributed by atoms with van der Waals surface area (Å²) in [5, 5.41) is 3.42. The molecule has 0 saturated carbocycles. The molecule has 0 unspecified atom stereocenters. The van der Waals surface area contributed by atoms with Gasteiger partial charge in [0.2, 0.25) is 0 Å². The van der Waals surface area contributed by atoms with Crippen molar-refractivity contribution in [2.24, 2.45) is 5.92 Å². The van der Waals surface area contributed by atoms with Crippen LogP contribution in [0.25, 0.3) is 0 Å². The summed E-state index contributed by atoms with van der Waals surface area (Å²) in [6, 6.07) is 0. The van der Waals surface area contributed by atoms with Gasteiger partial charge < -0.3 is 15.1 Å². The van der Waals surface area contributed by atoms with Crippen molar-refractivity contribution in [3.8, 4) is 0 Å². The van der Waals surface area contributed by atoms with Gasteiger partial charge in [-0.15, -0.1) is 0 Å². The van der Waals surface area contributed by atoms with Crippen molar-refractivity contribution in [3.63, 3.8) is 0 Å². The summed E-state index contributed by atoms with van der Waals surface area (Å²) in [5.74, 6) is 0.998. The van der Waals surface area contributed by atoms with Crippen molar-refractivity contribution in [1.29, 1.82) is 0 Å². The zero-order valence-corrected chi connectivity index (χ0v) is 13.5. The number of likely N-dealkylation sites (tertiary alicyclic amines) is 1. The number of hydrogen-bond acceptors (Lipinski definition) is 3. The van der Waals surface area contributed by atoms with E-state index in [9.17, 15) is 0 Å². The van der Waals surface area contributed by atoms with Crippen molar-refractivity contribution in [2.75, 3.05) is 52.4 Å². The fourth-order valence-corrected chi connectivity index (χ4v) is 2.89. The molecule has 0 aromatic rings. The summed E-state index contributed by atoms with van der Waals surface area (Å²) in [6.07, 6.45) is 5.54. The maximum atomic E-state index is 3.42. The highest BCUT2D eigenvalue weighted by Gasteiger charge is 2.19. The predicted molar refractivity (Wildman–Crippen MR) is 84.7 cm³/mol. The highest BCUT2D eigenvalue weighted by atomic mass is 15.2. The molecule has 3 heteroatoms. The van der Waals surface area contributed by atoms with E-state index in [0.29, 0.717) is 0 Å². The first kappa shape index (κ1) is 16.9. The Morgan fingerprint density at radius 1 is 0.895 bits per heavy atom. The molecule has 0 spiro atoms. The third-order valence-corrected chi connectivity index (χ3v) is 4.22. The normalized spacial score (nSPS) is 22.9. The standard InChI is InChI=1S/C13H27N3.C3H8/c1-2-15-8-3-13(4-9-15)5-10-16-11-6-14-7-12-16;1-3-2/h13-14H,2-12H2,1H3;3H2,1-2H3. The Bertz CT molecular complexity index is 194. The van der Waals surface area contributed by atoms with E-state index in [4.69, 9.17) is 0 Å². The molecule has 19 heavy (non-hydrogen) atoms. The number of piperazine rings is 1. The third-order valence-electron chi connectivity index (χ3n) is 4.22. The summed E-state index contributed by atoms with van der Waals surface area (Å²) in [4.78, 5) is 5.21. The Labute approximate surface area is 120 Å². The van der Waals surface area contributed by atoms with Gasteiger partial charge >= 0.3 is 0 Å². The van der Waals surface area contributed by atoms with Crippen LogP contribution in [-0.2, 0) is 0 Å². The number of hydrogen-bond donors (Lipinski definition) is 1. The number of rotatable bonds is 4. The van der Waals surface area contributed by atoms with E-state index in [1.807, 2.05) is 0 Å². The van der Waals surface area contributed by atoms with E-state index in [1.54, 1.807) is 0 Å². The molecule has 2 rings (SSSR count). The first-order valence-corrected chi connectivity index (χ1v) is 8.45. The van der Waals surface area contributed by atoms with Crippen LogP contribution in [0.3, 0.4) is 0 Å². The molecule has 0 bridgehead atoms. The van der Waals surface area contributed by atoms with E-state index < -0.39 is 0 Å². The second-order valence-electron chi connectivity index (χ2n) is 5.97. The lowest BCUT2D eigenvalue weighted by atomic mass is 9.93. The van der Waals surface area contributed by atoms with Crippen LogP contribution >= 0.6 is 0 Å². The van der Waals surface area contributed by atoms with Gasteiger partial charge in [-0.1, -0.05) is 27.2 Å². The average molecular weight is 269 g/mol. The second-order valence-corrected chi connectivity index (χ2v) is 5.97. The van der Waals surface area contributed by atoms with Gasteiger partial charge in [0.1, 0.15) is 0 Å². The zero-order valence-electron chi connectivity index (χ0n) is 13.5. The van der Waals surface area contributed by atoms with E-state index in [-0.39, 0.29) is 0 Å². The van der Waals surface area contributed by atoms with Gasteiger partial charge in [0.15, 0.2) is 0 Å². The van der Waals surface area contributed by atoms with E-state index in [0.717, 1.165) is 5.92 Å². The van der Waals surface area contributed by atoms with Gasteiger partial charge in [-0.25, -0.2) is 0 Å². The Balaban J connectivity index is 0.000000550. The van der Waals surface area contributed by atoms with Gasteiger partial charge in [0.25, 0.3) is 0 Å². The molecule has 2 saturated heterocycles. The molecule has 114 valence electrons. The SMILES string of the molecule is CCC.CCN1CCC(CCN2CCNCC2)CC1. The minimum atomic E-state index is 0.998. The Hall–Kier alpha value is -0.120. The fraction of sp³-hybridized carbons (Fsp3) is 1.00. The minimum Gasteiger partial charge on any atom is -0.314 e. The van der Waals surface area contributed by atoms with Crippen LogP contribution in [0, 0.1) is 5.92 Å². The molecule has 0 aromatic carbocycles. The van der Waals surface area contributed by atoms with Gasteiger partial charge in [-0.05, 0) is 51.4 Å². The Morgan fingerprint density at radius 2 is 1.47 bits per heavy atom. The van der Waals surface area contributed by atoms with Crippen LogP contribution in [0.1, 0.15) is 46.5 Å². The van der Waals surface area contributed by atoms with Gasteiger partial charge in [0.05, 0.1) is 0 Å². The number of nitrogens with zero attached hydrogens (tertiary/aromatic N) is 2. The van der Waals surface area contributed by atoms with Crippen molar-refractivity contribution >= 4 is 0 Å². The molecule has 2 fully saturated rings. The number of piperidine rings is 1. The molecule has 0 aromatic heterocycles. The molecule has 0 radical (unpaired) electrons. The Morgan fingerprint density at radius 3 is 2.00 bits per heavy atom. The predicted octanol–water partition coefficient (Wildman–Crippen LogP) is 2.43. The van der Waals surface area contributed by atoms with Gasteiger partial charge in [-0.3, -0.25) is 0 Å². The van der Waals surface area contributed by atoms with E-state index in [2.05, 4.69) is 35.9 Å². The maximum absolute atomic E-state index is 3.42. The molecule has 0 aliphatic carbocycles. The lowest BCUT2D eigenvalue weighted by Gasteiger charge is -2.33. The maximum Gasteiger partial charge on any atom is 0.0107 e. The van der Waals surface area contributed by atoms with Crippen LogP contribution in [0.2, 0.25) is 0 Å². The number of nitrogens with one attached hydrogen (secondary N) is 1. The molecule has 2 aliphatic heterocycles. The van der Waals surface area contributed by atoms with E-state index >= 15 is 0 Å². The van der Waals surface area contributed by atoms with Gasteiger partial charge in [-0.2, -0.15) is 0 Å². The average Bonchev–Trinajstić information content (AvgIpc) is 2.47. The molecule has 0 atom stereocenters. The molecule has 0 amide bonds. The Kier molecular flexibility index (Phi) is 9.48. The third kappa shape index (κ3) is 7.28. The van der Waals surface area contributed by atoms with Crippen LogP contribution in [0.4, 0.5) is 0 Å². The van der Waals surface area contributed by atoms with Crippen LogP contribution < -0.4 is 5.32 Å². The molecule has 3 nitrogen and oxygen atoms in total. The first-order chi connectivity index (χ1) is 9.30. The summed E-state index contributed by atoms with van der Waals surface area (Å²) in [5.41, 5.74) is 0. The summed E-state index contributed by atoms with van der Waals surface area (Å²) in [6.45, 7) is 16.7. The van der Waals surface area contributed by atoms with Crippen molar-refractivity contribution in [2.45, 2.75) is 46.5 Å². The lowest BCUT2D eigenvalue weighted by Crippen LogP contribution is -2.44. The smallest absolute Gasteiger partial charge is 0.0107 e. The second kappa shape index (κ2) is 10.6.